The highest BCUT2D eigenvalue weighted by molar-refractivity contribution is 5.85. The van der Waals surface area contributed by atoms with E-state index in [1.807, 2.05) is 70.8 Å². The summed E-state index contributed by atoms with van der Waals surface area (Å²) in [7, 11) is 1.87. The van der Waals surface area contributed by atoms with Crippen molar-refractivity contribution in [1.29, 1.82) is 0 Å². The van der Waals surface area contributed by atoms with Crippen LogP contribution in [-0.2, 0) is 10.2 Å². The van der Waals surface area contributed by atoms with Crippen LogP contribution in [0.1, 0.15) is 69.7 Å². The van der Waals surface area contributed by atoms with E-state index >= 15 is 0 Å². The van der Waals surface area contributed by atoms with Crippen LogP contribution in [0.2, 0.25) is 0 Å². The molecule has 4 N–H and O–H groups in total. The van der Waals surface area contributed by atoms with Gasteiger partial charge in [0.25, 0.3) is 5.91 Å². The summed E-state index contributed by atoms with van der Waals surface area (Å²) in [4.78, 5) is 17.6. The molecule has 3 rings (SSSR count). The number of benzene rings is 2. The fourth-order valence-electron chi connectivity index (χ4n) is 5.30. The molecule has 0 aromatic heterocycles. The number of nitrogens with one attached hydrogen (secondary N) is 1. The van der Waals surface area contributed by atoms with E-state index in [1.165, 1.54) is 5.56 Å². The third kappa shape index (κ3) is 6.80. The van der Waals surface area contributed by atoms with E-state index < -0.39 is 11.8 Å². The van der Waals surface area contributed by atoms with Gasteiger partial charge in [0.15, 0.2) is 5.60 Å². The highest BCUT2D eigenvalue weighted by Crippen LogP contribution is 2.33. The molecule has 38 heavy (non-hydrogen) atoms. The van der Waals surface area contributed by atoms with Crippen molar-refractivity contribution in [3.8, 4) is 5.75 Å². The molecule has 7 nitrogen and oxygen atoms in total. The number of likely N-dealkylation sites (tertiary alicyclic amines) is 1. The van der Waals surface area contributed by atoms with E-state index in [2.05, 4.69) is 37.1 Å². The predicted molar refractivity (Wildman–Crippen MR) is 157 cm³/mol. The Labute approximate surface area is 229 Å². The Morgan fingerprint density at radius 3 is 2.34 bits per heavy atom. The van der Waals surface area contributed by atoms with E-state index in [9.17, 15) is 9.90 Å². The second kappa shape index (κ2) is 11.5. The molecule has 1 saturated heterocycles. The zero-order chi connectivity index (χ0) is 28.4. The monoisotopic (exact) mass is 524 g/mol. The normalized spacial score (nSPS) is 16.3. The Kier molecular flexibility index (Phi) is 9.04. The Balaban J connectivity index is 1.56. The number of anilines is 2. The minimum atomic E-state index is -1.01. The molecule has 2 aromatic carbocycles. The van der Waals surface area contributed by atoms with Gasteiger partial charge in [-0.05, 0) is 87.3 Å². The highest BCUT2D eigenvalue weighted by atomic mass is 16.5. The SMILES string of the molecule is Cc1cc(OC(C)(C)C(=O)N(C)C2CCN(CC(O)Nc3ccccc3C(C)(C)C)CC2)c(C)c(C)c1N. The lowest BCUT2D eigenvalue weighted by Crippen LogP contribution is -2.54. The Bertz CT molecular complexity index is 1130. The van der Waals surface area contributed by atoms with Gasteiger partial charge in [-0.3, -0.25) is 9.69 Å². The largest absolute Gasteiger partial charge is 0.478 e. The first-order chi connectivity index (χ1) is 17.6. The number of β-amino-alcohol motifs (C(OH)–C–C–N with tert-alkyl or cyclic N) is 1. The molecular weight excluding hydrogens is 476 g/mol. The summed E-state index contributed by atoms with van der Waals surface area (Å²) in [5, 5.41) is 14.1. The number of para-hydroxylation sites is 1. The Morgan fingerprint density at radius 1 is 1.13 bits per heavy atom. The molecule has 0 spiro atoms. The van der Waals surface area contributed by atoms with Crippen molar-refractivity contribution in [2.24, 2.45) is 0 Å². The van der Waals surface area contributed by atoms with E-state index in [-0.39, 0.29) is 17.4 Å². The molecule has 7 heteroatoms. The molecule has 0 radical (unpaired) electrons. The minimum Gasteiger partial charge on any atom is -0.478 e. The fraction of sp³-hybridized carbons (Fsp3) is 0.581. The average Bonchev–Trinajstić information content (AvgIpc) is 2.85. The first kappa shape index (κ1) is 29.8. The average molecular weight is 525 g/mol. The van der Waals surface area contributed by atoms with Crippen LogP contribution in [0.15, 0.2) is 30.3 Å². The van der Waals surface area contributed by atoms with E-state index in [0.29, 0.717) is 12.3 Å². The maximum Gasteiger partial charge on any atom is 0.266 e. The zero-order valence-electron chi connectivity index (χ0n) is 24.8. The van der Waals surface area contributed by atoms with Crippen molar-refractivity contribution in [3.63, 3.8) is 0 Å². The lowest BCUT2D eigenvalue weighted by atomic mass is 9.86. The Morgan fingerprint density at radius 2 is 1.74 bits per heavy atom. The topological polar surface area (TPSA) is 91.1 Å². The number of nitrogens with zero attached hydrogens (tertiary/aromatic N) is 2. The molecule has 1 unspecified atom stereocenters. The van der Waals surface area contributed by atoms with E-state index in [4.69, 9.17) is 10.5 Å². The zero-order valence-corrected chi connectivity index (χ0v) is 24.8. The summed E-state index contributed by atoms with van der Waals surface area (Å²) in [5.41, 5.74) is 11.0. The molecule has 0 bridgehead atoms. The van der Waals surface area contributed by atoms with Crippen LogP contribution < -0.4 is 15.8 Å². The fourth-order valence-corrected chi connectivity index (χ4v) is 5.30. The van der Waals surface area contributed by atoms with Crippen molar-refractivity contribution in [3.05, 3.63) is 52.6 Å². The van der Waals surface area contributed by atoms with Gasteiger partial charge in [-0.25, -0.2) is 0 Å². The van der Waals surface area contributed by atoms with Crippen LogP contribution in [-0.4, -0.2) is 65.4 Å². The maximum absolute atomic E-state index is 13.5. The summed E-state index contributed by atoms with van der Waals surface area (Å²) in [6.45, 7) is 18.3. The number of piperidine rings is 1. The van der Waals surface area contributed by atoms with Gasteiger partial charge in [-0.1, -0.05) is 39.0 Å². The number of aryl methyl sites for hydroxylation is 1. The van der Waals surface area contributed by atoms with E-state index in [1.54, 1.807) is 0 Å². The predicted octanol–water partition coefficient (Wildman–Crippen LogP) is 5.00. The van der Waals surface area contributed by atoms with Gasteiger partial charge in [0, 0.05) is 44.1 Å². The van der Waals surface area contributed by atoms with Gasteiger partial charge in [-0.2, -0.15) is 0 Å². The number of hydrogen-bond donors (Lipinski definition) is 3. The standard InChI is InChI=1S/C31H48N4O3/c1-20-18-26(21(2)22(3)28(20)32)38-31(7,8)29(37)34(9)23-14-16-35(17-15-23)19-27(36)33-25-13-11-10-12-24(25)30(4,5)6/h10-13,18,23,27,33,36H,14-17,19,32H2,1-9H3. The highest BCUT2D eigenvalue weighted by Gasteiger charge is 2.37. The molecular formula is C31H48N4O3. The quantitative estimate of drug-likeness (QED) is 0.332. The lowest BCUT2D eigenvalue weighted by Gasteiger charge is -2.40. The number of aliphatic hydroxyl groups excluding tert-OH is 1. The van der Waals surface area contributed by atoms with Gasteiger partial charge >= 0.3 is 0 Å². The summed E-state index contributed by atoms with van der Waals surface area (Å²) >= 11 is 0. The number of rotatable bonds is 8. The molecule has 2 aromatic rings. The molecule has 210 valence electrons. The van der Waals surface area contributed by atoms with Crippen LogP contribution in [0, 0.1) is 20.8 Å². The molecule has 1 aliphatic heterocycles. The lowest BCUT2D eigenvalue weighted by molar-refractivity contribution is -0.147. The maximum atomic E-state index is 13.5. The number of carbonyl (C=O) groups excluding carboxylic acids is 1. The van der Waals surface area contributed by atoms with Crippen molar-refractivity contribution < 1.29 is 14.6 Å². The summed E-state index contributed by atoms with van der Waals surface area (Å²) < 4.78 is 6.29. The second-order valence-corrected chi connectivity index (χ2v) is 12.4. The number of carbonyl (C=O) groups is 1. The number of likely N-dealkylation sites (N-methyl/N-ethyl adjacent to an activating group) is 1. The van der Waals surface area contributed by atoms with Gasteiger partial charge < -0.3 is 25.8 Å². The van der Waals surface area contributed by atoms with Crippen molar-refractivity contribution in [2.45, 2.75) is 91.5 Å². The molecule has 0 aliphatic carbocycles. The molecule has 1 fully saturated rings. The van der Waals surface area contributed by atoms with Crippen molar-refractivity contribution >= 4 is 17.3 Å². The minimum absolute atomic E-state index is 0.0134. The first-order valence-corrected chi connectivity index (χ1v) is 13.7. The van der Waals surface area contributed by atoms with Gasteiger partial charge in [0.1, 0.15) is 12.0 Å². The number of nitrogens with two attached hydrogens (primary N) is 1. The number of ether oxygens (including phenoxy) is 1. The summed E-state index contributed by atoms with van der Waals surface area (Å²) in [5.74, 6) is 0.660. The number of aliphatic hydroxyl groups is 1. The summed E-state index contributed by atoms with van der Waals surface area (Å²) in [6.07, 6.45) is 1.03. The third-order valence-electron chi connectivity index (χ3n) is 7.90. The number of amides is 1. The third-order valence-corrected chi connectivity index (χ3v) is 7.90. The van der Waals surface area contributed by atoms with Crippen molar-refractivity contribution in [2.75, 3.05) is 37.7 Å². The molecule has 1 atom stereocenters. The van der Waals surface area contributed by atoms with Gasteiger partial charge in [-0.15, -0.1) is 0 Å². The molecule has 1 heterocycles. The van der Waals surface area contributed by atoms with Crippen LogP contribution in [0.5, 0.6) is 5.75 Å². The molecule has 0 saturated carbocycles. The van der Waals surface area contributed by atoms with Gasteiger partial charge in [0.05, 0.1) is 0 Å². The molecule has 1 amide bonds. The number of nitrogen functional groups attached to an aromatic ring is 1. The summed E-state index contributed by atoms with van der Waals surface area (Å²) in [6, 6.07) is 10.2. The second-order valence-electron chi connectivity index (χ2n) is 12.4. The van der Waals surface area contributed by atoms with Crippen LogP contribution in [0.4, 0.5) is 11.4 Å². The van der Waals surface area contributed by atoms with E-state index in [0.717, 1.165) is 54.0 Å². The first-order valence-electron chi connectivity index (χ1n) is 13.7. The van der Waals surface area contributed by atoms with Crippen molar-refractivity contribution in [1.82, 2.24) is 9.80 Å². The van der Waals surface area contributed by atoms with Gasteiger partial charge in [0.2, 0.25) is 0 Å². The molecule has 1 aliphatic rings. The number of hydrogen-bond acceptors (Lipinski definition) is 6. The van der Waals surface area contributed by atoms with Crippen LogP contribution >= 0.6 is 0 Å². The smallest absolute Gasteiger partial charge is 0.266 e. The van der Waals surface area contributed by atoms with Crippen LogP contribution in [0.25, 0.3) is 0 Å². The van der Waals surface area contributed by atoms with Crippen LogP contribution in [0.3, 0.4) is 0 Å². The Hall–Kier alpha value is -2.77.